The number of anilines is 3. The Hall–Kier alpha value is -9.24. The van der Waals surface area contributed by atoms with Gasteiger partial charge in [0.05, 0.1) is 16.7 Å². The lowest BCUT2D eigenvalue weighted by molar-refractivity contribution is 1.18. The molecule has 0 N–H and O–H groups in total. The Labute approximate surface area is 408 Å². The topological polar surface area (TPSA) is 8.17 Å². The van der Waals surface area contributed by atoms with Crippen LogP contribution in [-0.4, -0.2) is 4.57 Å². The molecule has 2 heteroatoms. The summed E-state index contributed by atoms with van der Waals surface area (Å²) in [5, 5.41) is 7.50. The number of hydrogen-bond acceptors (Lipinski definition) is 1. The maximum atomic E-state index is 2.41. The average Bonchev–Trinajstić information content (AvgIpc) is 3.79. The second kappa shape index (κ2) is 17.4. The van der Waals surface area contributed by atoms with Crippen LogP contribution in [0.15, 0.2) is 279 Å². The first kappa shape index (κ1) is 41.0. The molecule has 0 radical (unpaired) electrons. The fourth-order valence-corrected chi connectivity index (χ4v) is 10.8. The first-order chi connectivity index (χ1) is 34.8. The number of benzene rings is 12. The number of nitrogens with zero attached hydrogens (tertiary/aromatic N) is 2. The van der Waals surface area contributed by atoms with Gasteiger partial charge in [0.1, 0.15) is 0 Å². The smallest absolute Gasteiger partial charge is 0.0547 e. The van der Waals surface area contributed by atoms with E-state index in [1.54, 1.807) is 0 Å². The van der Waals surface area contributed by atoms with Gasteiger partial charge in [0.25, 0.3) is 0 Å². The van der Waals surface area contributed by atoms with Crippen LogP contribution < -0.4 is 4.90 Å². The molecule has 70 heavy (non-hydrogen) atoms. The van der Waals surface area contributed by atoms with E-state index >= 15 is 0 Å². The number of para-hydroxylation sites is 3. The van der Waals surface area contributed by atoms with Gasteiger partial charge < -0.3 is 9.47 Å². The number of fused-ring (bicyclic) bond motifs is 6. The van der Waals surface area contributed by atoms with Gasteiger partial charge in [-0.05, 0) is 132 Å². The lowest BCUT2D eigenvalue weighted by Crippen LogP contribution is -2.11. The van der Waals surface area contributed by atoms with Crippen molar-refractivity contribution in [2.45, 2.75) is 0 Å². The van der Waals surface area contributed by atoms with Crippen molar-refractivity contribution in [2.24, 2.45) is 0 Å². The molecule has 1 heterocycles. The van der Waals surface area contributed by atoms with Crippen molar-refractivity contribution in [3.63, 3.8) is 0 Å². The van der Waals surface area contributed by atoms with Crippen LogP contribution in [0.4, 0.5) is 17.1 Å². The summed E-state index contributed by atoms with van der Waals surface area (Å²) < 4.78 is 2.39. The lowest BCUT2D eigenvalue weighted by atomic mass is 9.84. The van der Waals surface area contributed by atoms with E-state index in [0.29, 0.717) is 0 Å². The normalized spacial score (nSPS) is 11.4. The summed E-state index contributed by atoms with van der Waals surface area (Å²) >= 11 is 0. The monoisotopic (exact) mass is 890 g/mol. The Bertz CT molecular complexity index is 4010. The van der Waals surface area contributed by atoms with Crippen molar-refractivity contribution in [1.82, 2.24) is 4.57 Å². The van der Waals surface area contributed by atoms with Gasteiger partial charge in [-0.25, -0.2) is 0 Å². The van der Waals surface area contributed by atoms with Crippen LogP contribution in [0.1, 0.15) is 0 Å². The molecule has 0 aliphatic rings. The Kier molecular flexibility index (Phi) is 10.2. The van der Waals surface area contributed by atoms with Gasteiger partial charge in [-0.3, -0.25) is 0 Å². The Morgan fingerprint density at radius 3 is 1.39 bits per heavy atom. The van der Waals surface area contributed by atoms with Crippen LogP contribution in [0.25, 0.3) is 105 Å². The molecule has 0 saturated carbocycles. The van der Waals surface area contributed by atoms with Gasteiger partial charge >= 0.3 is 0 Å². The maximum Gasteiger partial charge on any atom is 0.0547 e. The summed E-state index contributed by atoms with van der Waals surface area (Å²) in [6, 6.07) is 102. The first-order valence-electron chi connectivity index (χ1n) is 24.1. The molecule has 1 aromatic heterocycles. The van der Waals surface area contributed by atoms with Crippen LogP contribution in [0.5, 0.6) is 0 Å². The summed E-state index contributed by atoms with van der Waals surface area (Å²) in [5.41, 5.74) is 18.8. The molecule has 0 aliphatic heterocycles. The molecule has 0 saturated heterocycles. The molecule has 2 nitrogen and oxygen atoms in total. The molecule has 0 amide bonds. The van der Waals surface area contributed by atoms with Crippen LogP contribution in [0.3, 0.4) is 0 Å². The van der Waals surface area contributed by atoms with Crippen molar-refractivity contribution in [1.29, 1.82) is 0 Å². The van der Waals surface area contributed by atoms with E-state index < -0.39 is 0 Å². The minimum absolute atomic E-state index is 1.08. The van der Waals surface area contributed by atoms with Crippen LogP contribution in [0, 0.1) is 0 Å². The van der Waals surface area contributed by atoms with Gasteiger partial charge in [0, 0.05) is 33.4 Å². The van der Waals surface area contributed by atoms with E-state index in [-0.39, 0.29) is 0 Å². The average molecular weight is 891 g/mol. The molecule has 0 bridgehead atoms. The number of rotatable bonds is 9. The van der Waals surface area contributed by atoms with Crippen LogP contribution >= 0.6 is 0 Å². The van der Waals surface area contributed by atoms with Gasteiger partial charge in [0.2, 0.25) is 0 Å². The Morgan fingerprint density at radius 2 is 0.714 bits per heavy atom. The SMILES string of the molecule is c1ccc(-c2ccccc2N(c2ccc(-c3ccc4c(c3)c(-c3ccccc3)c(-c3ccccc3)c3ccccc34)cc2)c2ccc(-c3cccc4c3c3ccccc3n4-c3ccccc3)cc2)cc1. The zero-order valence-electron chi connectivity index (χ0n) is 38.5. The predicted octanol–water partition coefficient (Wildman–Crippen LogP) is 18.9. The van der Waals surface area contributed by atoms with Crippen molar-refractivity contribution < 1.29 is 0 Å². The third-order valence-electron chi connectivity index (χ3n) is 14.0. The van der Waals surface area contributed by atoms with Crippen LogP contribution in [-0.2, 0) is 0 Å². The molecule has 0 fully saturated rings. The third-order valence-corrected chi connectivity index (χ3v) is 14.0. The van der Waals surface area contributed by atoms with Crippen molar-refractivity contribution in [3.8, 4) is 61.3 Å². The summed E-state index contributed by atoms with van der Waals surface area (Å²) in [5.74, 6) is 0. The molecular weight excluding hydrogens is 845 g/mol. The minimum atomic E-state index is 1.08. The molecule has 0 atom stereocenters. The van der Waals surface area contributed by atoms with Crippen molar-refractivity contribution in [2.75, 3.05) is 4.90 Å². The molecule has 328 valence electrons. The standard InChI is InChI=1S/C68H46N2/c1-5-20-48(21-6-1)56-28-15-17-33-63(56)69(55-43-38-49(39-44-55)57-32-19-35-65-68(57)61-31-16-18-34-64(61)70(65)53-26-11-4-12-27-53)54-41-36-47(37-42-54)52-40-45-59-58-29-13-14-30-60(58)66(50-22-7-2-8-23-50)67(62(59)46-52)51-24-9-3-10-25-51/h1-46H. The molecular formula is C68H46N2. The molecule has 13 rings (SSSR count). The fourth-order valence-electron chi connectivity index (χ4n) is 10.8. The van der Waals surface area contributed by atoms with Crippen molar-refractivity contribution in [3.05, 3.63) is 279 Å². The zero-order chi connectivity index (χ0) is 46.4. The van der Waals surface area contributed by atoms with Gasteiger partial charge in [-0.15, -0.1) is 0 Å². The zero-order valence-corrected chi connectivity index (χ0v) is 38.5. The highest BCUT2D eigenvalue weighted by Crippen LogP contribution is 2.47. The maximum absolute atomic E-state index is 2.41. The molecule has 0 spiro atoms. The first-order valence-corrected chi connectivity index (χ1v) is 24.1. The largest absolute Gasteiger partial charge is 0.310 e. The minimum Gasteiger partial charge on any atom is -0.310 e. The van der Waals surface area contributed by atoms with E-state index in [9.17, 15) is 0 Å². The highest BCUT2D eigenvalue weighted by Gasteiger charge is 2.21. The second-order valence-corrected chi connectivity index (χ2v) is 18.0. The van der Waals surface area contributed by atoms with Gasteiger partial charge in [0.15, 0.2) is 0 Å². The van der Waals surface area contributed by atoms with E-state index in [0.717, 1.165) is 28.3 Å². The molecule has 13 aromatic rings. The molecule has 0 unspecified atom stereocenters. The molecule has 0 aliphatic carbocycles. The van der Waals surface area contributed by atoms with E-state index in [1.807, 2.05) is 0 Å². The number of aromatic nitrogens is 1. The summed E-state index contributed by atoms with van der Waals surface area (Å²) in [6.45, 7) is 0. The van der Waals surface area contributed by atoms with Gasteiger partial charge in [-0.2, -0.15) is 0 Å². The van der Waals surface area contributed by atoms with Crippen LogP contribution in [0.2, 0.25) is 0 Å². The summed E-state index contributed by atoms with van der Waals surface area (Å²) in [6.07, 6.45) is 0. The molecule has 12 aromatic carbocycles. The van der Waals surface area contributed by atoms with E-state index in [4.69, 9.17) is 0 Å². The highest BCUT2D eigenvalue weighted by molar-refractivity contribution is 6.22. The highest BCUT2D eigenvalue weighted by atomic mass is 15.1. The Morgan fingerprint density at radius 1 is 0.257 bits per heavy atom. The fraction of sp³-hybridized carbons (Fsp3) is 0. The third kappa shape index (κ3) is 7.05. The summed E-state index contributed by atoms with van der Waals surface area (Å²) in [4.78, 5) is 2.41. The van der Waals surface area contributed by atoms with Crippen molar-refractivity contribution >= 4 is 60.4 Å². The number of hydrogen-bond donors (Lipinski definition) is 0. The quantitative estimate of drug-likeness (QED) is 0.131. The lowest BCUT2D eigenvalue weighted by Gasteiger charge is -2.28. The van der Waals surface area contributed by atoms with Gasteiger partial charge in [-0.1, -0.05) is 218 Å². The van der Waals surface area contributed by atoms with E-state index in [1.165, 1.54) is 93.4 Å². The predicted molar refractivity (Wildman–Crippen MR) is 298 cm³/mol. The summed E-state index contributed by atoms with van der Waals surface area (Å²) in [7, 11) is 0. The Balaban J connectivity index is 0.946. The second-order valence-electron chi connectivity index (χ2n) is 18.0. The van der Waals surface area contributed by atoms with E-state index in [2.05, 4.69) is 289 Å².